The van der Waals surface area contributed by atoms with E-state index in [2.05, 4.69) is 10.3 Å². The smallest absolute Gasteiger partial charge is 0.326 e. The number of hydrogen-bond donors (Lipinski definition) is 3. The van der Waals surface area contributed by atoms with Crippen molar-refractivity contribution in [3.63, 3.8) is 0 Å². The molecule has 5 N–H and O–H groups in total. The number of amidine groups is 1. The Hall–Kier alpha value is -3.19. The lowest BCUT2D eigenvalue weighted by molar-refractivity contribution is -0.416. The second-order valence-electron chi connectivity index (χ2n) is 5.55. The van der Waals surface area contributed by atoms with Crippen LogP contribution in [0.15, 0.2) is 71.5 Å². The summed E-state index contributed by atoms with van der Waals surface area (Å²) in [5.41, 5.74) is 14.7. The molecule has 1 atom stereocenters. The highest BCUT2D eigenvalue weighted by atomic mass is 16.6. The third-order valence-corrected chi connectivity index (χ3v) is 3.80. The number of nitro groups is 1. The molecule has 1 aliphatic rings. The number of rotatable bonds is 4. The van der Waals surface area contributed by atoms with Crippen LogP contribution in [0, 0.1) is 10.1 Å². The minimum atomic E-state index is -1.23. The molecule has 0 bridgehead atoms. The van der Waals surface area contributed by atoms with Crippen molar-refractivity contribution >= 4 is 5.84 Å². The minimum Gasteiger partial charge on any atom is -0.378 e. The van der Waals surface area contributed by atoms with E-state index >= 15 is 0 Å². The first-order valence-corrected chi connectivity index (χ1v) is 7.39. The normalized spacial score (nSPS) is 19.9. The van der Waals surface area contributed by atoms with Crippen molar-refractivity contribution in [2.24, 2.45) is 16.5 Å². The van der Waals surface area contributed by atoms with Gasteiger partial charge in [-0.3, -0.25) is 15.8 Å². The monoisotopic (exact) mass is 323 g/mol. The molecular formula is C17H17N5O2. The van der Waals surface area contributed by atoms with E-state index < -0.39 is 10.7 Å². The Balaban J connectivity index is 1.92. The minimum absolute atomic E-state index is 0.182. The Labute approximate surface area is 138 Å². The molecule has 0 radical (unpaired) electrons. The van der Waals surface area contributed by atoms with Gasteiger partial charge in [0.05, 0.1) is 11.1 Å². The summed E-state index contributed by atoms with van der Waals surface area (Å²) in [7, 11) is 0. The topological polar surface area (TPSA) is 120 Å². The van der Waals surface area contributed by atoms with Crippen molar-refractivity contribution in [3.8, 4) is 11.1 Å². The van der Waals surface area contributed by atoms with E-state index in [1.54, 1.807) is 0 Å². The Bertz CT molecular complexity index is 832. The third-order valence-electron chi connectivity index (χ3n) is 3.80. The van der Waals surface area contributed by atoms with Crippen LogP contribution in [-0.4, -0.2) is 16.5 Å². The van der Waals surface area contributed by atoms with Gasteiger partial charge in [-0.25, -0.2) is 4.99 Å². The maximum absolute atomic E-state index is 10.9. The van der Waals surface area contributed by atoms with Gasteiger partial charge in [0.15, 0.2) is 5.79 Å². The fraction of sp³-hybridized carbons (Fsp3) is 0.118. The Morgan fingerprint density at radius 2 is 1.79 bits per heavy atom. The van der Waals surface area contributed by atoms with Crippen LogP contribution >= 0.6 is 0 Å². The maximum atomic E-state index is 10.9. The van der Waals surface area contributed by atoms with E-state index in [1.807, 2.05) is 54.6 Å². The van der Waals surface area contributed by atoms with Crippen molar-refractivity contribution in [2.75, 3.05) is 0 Å². The number of nitrogens with one attached hydrogen (secondary N) is 1. The Kier molecular flexibility index (Phi) is 4.01. The average molecular weight is 323 g/mol. The zero-order valence-electron chi connectivity index (χ0n) is 12.8. The van der Waals surface area contributed by atoms with Crippen LogP contribution in [-0.2, 0) is 6.42 Å². The largest absolute Gasteiger partial charge is 0.378 e. The van der Waals surface area contributed by atoms with Crippen molar-refractivity contribution in [1.29, 1.82) is 0 Å². The van der Waals surface area contributed by atoms with Crippen molar-refractivity contribution in [1.82, 2.24) is 5.32 Å². The quantitative estimate of drug-likeness (QED) is 0.583. The van der Waals surface area contributed by atoms with E-state index in [1.165, 1.54) is 6.20 Å². The molecule has 122 valence electrons. The Morgan fingerprint density at radius 3 is 2.46 bits per heavy atom. The van der Waals surface area contributed by atoms with Crippen molar-refractivity contribution in [2.45, 2.75) is 12.2 Å². The molecule has 2 aromatic carbocycles. The standard InChI is InChI=1S/C17H17N5O2/c18-16-15(22(23)24)11-20-17(19,21-16)10-13-8-4-5-9-14(13)12-6-2-1-3-7-12/h1-9,11,20H,10,19H2,(H2,18,21). The number of hydrogen-bond acceptors (Lipinski definition) is 6. The van der Waals surface area contributed by atoms with E-state index in [4.69, 9.17) is 11.5 Å². The highest BCUT2D eigenvalue weighted by Crippen LogP contribution is 2.26. The van der Waals surface area contributed by atoms with Crippen LogP contribution in [0.5, 0.6) is 0 Å². The molecule has 0 saturated heterocycles. The van der Waals surface area contributed by atoms with Gasteiger partial charge in [0.2, 0.25) is 5.84 Å². The fourth-order valence-electron chi connectivity index (χ4n) is 2.67. The molecule has 24 heavy (non-hydrogen) atoms. The summed E-state index contributed by atoms with van der Waals surface area (Å²) in [5, 5.41) is 13.7. The molecule has 3 rings (SSSR count). The van der Waals surface area contributed by atoms with Gasteiger partial charge in [-0.1, -0.05) is 54.6 Å². The van der Waals surface area contributed by atoms with Crippen molar-refractivity contribution in [3.05, 3.63) is 82.2 Å². The molecule has 0 saturated carbocycles. The zero-order valence-corrected chi connectivity index (χ0v) is 12.8. The Morgan fingerprint density at radius 1 is 1.12 bits per heavy atom. The summed E-state index contributed by atoms with van der Waals surface area (Å²) in [6.45, 7) is 0. The molecule has 7 nitrogen and oxygen atoms in total. The summed E-state index contributed by atoms with van der Waals surface area (Å²) < 4.78 is 0. The second kappa shape index (κ2) is 6.13. The predicted octanol–water partition coefficient (Wildman–Crippen LogP) is 1.59. The lowest BCUT2D eigenvalue weighted by Gasteiger charge is -2.29. The van der Waals surface area contributed by atoms with Crippen LogP contribution in [0.2, 0.25) is 0 Å². The van der Waals surface area contributed by atoms with Crippen LogP contribution in [0.1, 0.15) is 5.56 Å². The lowest BCUT2D eigenvalue weighted by atomic mass is 9.95. The first-order valence-electron chi connectivity index (χ1n) is 7.39. The summed E-state index contributed by atoms with van der Waals surface area (Å²) in [5.74, 6) is -1.41. The number of aliphatic imine (C=N–C) groups is 1. The van der Waals surface area contributed by atoms with Gasteiger partial charge in [-0.2, -0.15) is 0 Å². The van der Waals surface area contributed by atoms with Crippen molar-refractivity contribution < 1.29 is 4.92 Å². The van der Waals surface area contributed by atoms with Gasteiger partial charge in [0, 0.05) is 6.42 Å². The van der Waals surface area contributed by atoms with Gasteiger partial charge >= 0.3 is 5.70 Å². The van der Waals surface area contributed by atoms with Crippen LogP contribution < -0.4 is 16.8 Å². The SMILES string of the molecule is NC1=NC(N)(Cc2ccccc2-c2ccccc2)NC=C1[N+](=O)[O-]. The first-order chi connectivity index (χ1) is 11.5. The molecular weight excluding hydrogens is 306 g/mol. The average Bonchev–Trinajstić information content (AvgIpc) is 2.55. The molecule has 0 spiro atoms. The number of benzene rings is 2. The van der Waals surface area contributed by atoms with Crippen LogP contribution in [0.3, 0.4) is 0 Å². The molecule has 0 aromatic heterocycles. The van der Waals surface area contributed by atoms with Gasteiger partial charge in [-0.05, 0) is 16.7 Å². The highest BCUT2D eigenvalue weighted by molar-refractivity contribution is 5.95. The summed E-state index contributed by atoms with van der Waals surface area (Å²) in [6.07, 6.45) is 1.54. The first kappa shape index (κ1) is 15.7. The van der Waals surface area contributed by atoms with Gasteiger partial charge in [0.25, 0.3) is 0 Å². The fourth-order valence-corrected chi connectivity index (χ4v) is 2.67. The molecule has 7 heteroatoms. The van der Waals surface area contributed by atoms with Gasteiger partial charge in [-0.15, -0.1) is 0 Å². The summed E-state index contributed by atoms with van der Waals surface area (Å²) >= 11 is 0. The molecule has 0 amide bonds. The highest BCUT2D eigenvalue weighted by Gasteiger charge is 2.32. The summed E-state index contributed by atoms with van der Waals surface area (Å²) in [6, 6.07) is 17.7. The molecule has 1 heterocycles. The maximum Gasteiger partial charge on any atom is 0.326 e. The number of nitrogens with two attached hydrogens (primary N) is 2. The number of nitrogens with zero attached hydrogens (tertiary/aromatic N) is 2. The van der Waals surface area contributed by atoms with Crippen LogP contribution in [0.25, 0.3) is 11.1 Å². The van der Waals surface area contributed by atoms with Crippen LogP contribution in [0.4, 0.5) is 0 Å². The summed E-state index contributed by atoms with van der Waals surface area (Å²) in [4.78, 5) is 14.4. The van der Waals surface area contributed by atoms with E-state index in [0.29, 0.717) is 6.42 Å². The molecule has 0 fully saturated rings. The lowest BCUT2D eigenvalue weighted by Crippen LogP contribution is -2.55. The van der Waals surface area contributed by atoms with E-state index in [9.17, 15) is 10.1 Å². The zero-order chi connectivity index (χ0) is 17.2. The second-order valence-corrected chi connectivity index (χ2v) is 5.55. The van der Waals surface area contributed by atoms with Gasteiger partial charge < -0.3 is 11.1 Å². The predicted molar refractivity (Wildman–Crippen MR) is 92.3 cm³/mol. The molecule has 0 aliphatic carbocycles. The van der Waals surface area contributed by atoms with E-state index in [-0.39, 0.29) is 11.5 Å². The molecule has 1 unspecified atom stereocenters. The molecule has 1 aliphatic heterocycles. The van der Waals surface area contributed by atoms with Gasteiger partial charge in [0.1, 0.15) is 0 Å². The molecule has 2 aromatic rings. The van der Waals surface area contributed by atoms with E-state index in [0.717, 1.165) is 16.7 Å². The third kappa shape index (κ3) is 3.11.